The number of piperidine rings is 1. The minimum atomic E-state index is -0.290. The van der Waals surface area contributed by atoms with Gasteiger partial charge in [0.25, 0.3) is 0 Å². The first-order valence-corrected chi connectivity index (χ1v) is 10.6. The van der Waals surface area contributed by atoms with Crippen molar-refractivity contribution in [2.75, 3.05) is 44.3 Å². The zero-order valence-electron chi connectivity index (χ0n) is 17.8. The van der Waals surface area contributed by atoms with Gasteiger partial charge >= 0.3 is 0 Å². The number of carbonyl (C=O) groups excluding carboxylic acids is 1. The second-order valence-corrected chi connectivity index (χ2v) is 9.55. The molecule has 0 saturated carbocycles. The minimum Gasteiger partial charge on any atom is -0.378 e. The van der Waals surface area contributed by atoms with Gasteiger partial charge in [-0.2, -0.15) is 0 Å². The van der Waals surface area contributed by atoms with Crippen molar-refractivity contribution in [3.8, 4) is 0 Å². The Labute approximate surface area is 179 Å². The van der Waals surface area contributed by atoms with Crippen LogP contribution in [-0.4, -0.2) is 55.3 Å². The molecule has 2 fully saturated rings. The Bertz CT molecular complexity index is 730. The molecule has 1 unspecified atom stereocenters. The average molecular weight is 424 g/mol. The van der Waals surface area contributed by atoms with Crippen LogP contribution in [0.3, 0.4) is 0 Å². The first-order valence-electron chi connectivity index (χ1n) is 10.6. The molecule has 29 heavy (non-hydrogen) atoms. The number of morpholine rings is 1. The van der Waals surface area contributed by atoms with Crippen LogP contribution in [0.4, 0.5) is 5.95 Å². The molecule has 2 saturated heterocycles. The Morgan fingerprint density at radius 3 is 2.62 bits per heavy atom. The number of halogens is 1. The molecular formula is C21H34ClN5O2. The van der Waals surface area contributed by atoms with Gasteiger partial charge in [-0.15, -0.1) is 12.4 Å². The number of amides is 1. The highest BCUT2D eigenvalue weighted by Gasteiger charge is 2.39. The SMILES string of the molecule is CC1(C)Cc2nc(N3CCOCC3)ncc2C(NC(=O)C2(C)CCNCC2)C1.Cl. The standard InChI is InChI=1S/C21H33N5O2.ClH/c1-20(2)12-16(24-18(27)21(3)4-6-22-7-5-21)15-14-23-19(25-17(15)13-20)26-8-10-28-11-9-26;/h14,16,22H,4-13H2,1-3H3,(H,24,27);1H. The van der Waals surface area contributed by atoms with Crippen LogP contribution >= 0.6 is 12.4 Å². The molecule has 0 aromatic carbocycles. The molecule has 0 spiro atoms. The Balaban J connectivity index is 0.00000240. The van der Waals surface area contributed by atoms with Crippen molar-refractivity contribution in [3.05, 3.63) is 17.5 Å². The number of carbonyl (C=O) groups is 1. The third-order valence-corrected chi connectivity index (χ3v) is 6.52. The summed E-state index contributed by atoms with van der Waals surface area (Å²) in [6.45, 7) is 11.5. The molecule has 7 nitrogen and oxygen atoms in total. The summed E-state index contributed by atoms with van der Waals surface area (Å²) < 4.78 is 5.45. The average Bonchev–Trinajstić information content (AvgIpc) is 2.68. The number of anilines is 1. The van der Waals surface area contributed by atoms with Crippen LogP contribution in [0.25, 0.3) is 0 Å². The second-order valence-electron chi connectivity index (χ2n) is 9.55. The van der Waals surface area contributed by atoms with E-state index in [4.69, 9.17) is 9.72 Å². The van der Waals surface area contributed by atoms with E-state index in [-0.39, 0.29) is 35.2 Å². The summed E-state index contributed by atoms with van der Waals surface area (Å²) >= 11 is 0. The molecule has 162 valence electrons. The number of nitrogens with zero attached hydrogens (tertiary/aromatic N) is 3. The summed E-state index contributed by atoms with van der Waals surface area (Å²) in [7, 11) is 0. The largest absolute Gasteiger partial charge is 0.378 e. The highest BCUT2D eigenvalue weighted by molar-refractivity contribution is 5.85. The van der Waals surface area contributed by atoms with Gasteiger partial charge in [0, 0.05) is 30.3 Å². The predicted molar refractivity (Wildman–Crippen MR) is 116 cm³/mol. The van der Waals surface area contributed by atoms with Gasteiger partial charge in [-0.25, -0.2) is 9.97 Å². The van der Waals surface area contributed by atoms with Gasteiger partial charge in [0.05, 0.1) is 24.9 Å². The maximum Gasteiger partial charge on any atom is 0.226 e. The van der Waals surface area contributed by atoms with E-state index in [2.05, 4.69) is 41.3 Å². The molecule has 0 bridgehead atoms. The minimum absolute atomic E-state index is 0. The summed E-state index contributed by atoms with van der Waals surface area (Å²) in [5, 5.41) is 6.71. The number of hydrogen-bond donors (Lipinski definition) is 2. The maximum atomic E-state index is 13.1. The van der Waals surface area contributed by atoms with E-state index in [0.717, 1.165) is 82.3 Å². The Morgan fingerprint density at radius 2 is 1.93 bits per heavy atom. The Morgan fingerprint density at radius 1 is 1.24 bits per heavy atom. The molecule has 8 heteroatoms. The van der Waals surface area contributed by atoms with Crippen LogP contribution in [0.5, 0.6) is 0 Å². The second kappa shape index (κ2) is 8.74. The summed E-state index contributed by atoms with van der Waals surface area (Å²) in [4.78, 5) is 24.9. The Kier molecular flexibility index (Phi) is 6.70. The van der Waals surface area contributed by atoms with Gasteiger partial charge in [-0.1, -0.05) is 20.8 Å². The quantitative estimate of drug-likeness (QED) is 0.776. The highest BCUT2D eigenvalue weighted by atomic mass is 35.5. The number of nitrogens with one attached hydrogen (secondary N) is 2. The van der Waals surface area contributed by atoms with Gasteiger partial charge in [-0.05, 0) is 44.2 Å². The lowest BCUT2D eigenvalue weighted by Crippen LogP contribution is -2.48. The smallest absolute Gasteiger partial charge is 0.226 e. The summed E-state index contributed by atoms with van der Waals surface area (Å²) in [5.74, 6) is 0.954. The fourth-order valence-electron chi connectivity index (χ4n) is 4.62. The predicted octanol–water partition coefficient (Wildman–Crippen LogP) is 2.25. The van der Waals surface area contributed by atoms with Crippen molar-refractivity contribution < 1.29 is 9.53 Å². The third-order valence-electron chi connectivity index (χ3n) is 6.52. The monoisotopic (exact) mass is 423 g/mol. The number of aromatic nitrogens is 2. The van der Waals surface area contributed by atoms with Crippen LogP contribution in [0.15, 0.2) is 6.20 Å². The molecule has 4 rings (SSSR count). The summed E-state index contributed by atoms with van der Waals surface area (Å²) in [6.07, 6.45) is 5.54. The third kappa shape index (κ3) is 4.84. The van der Waals surface area contributed by atoms with Crippen LogP contribution in [0.2, 0.25) is 0 Å². The lowest BCUT2D eigenvalue weighted by molar-refractivity contribution is -0.132. The molecule has 1 aliphatic carbocycles. The van der Waals surface area contributed by atoms with Crippen LogP contribution in [0.1, 0.15) is 57.3 Å². The number of rotatable bonds is 3. The van der Waals surface area contributed by atoms with E-state index >= 15 is 0 Å². The lowest BCUT2D eigenvalue weighted by Gasteiger charge is -2.39. The van der Waals surface area contributed by atoms with Crippen molar-refractivity contribution in [1.82, 2.24) is 20.6 Å². The molecule has 1 atom stereocenters. The van der Waals surface area contributed by atoms with Gasteiger partial charge in [0.2, 0.25) is 11.9 Å². The fraction of sp³-hybridized carbons (Fsp3) is 0.762. The van der Waals surface area contributed by atoms with E-state index in [0.29, 0.717) is 0 Å². The van der Waals surface area contributed by atoms with E-state index in [1.165, 1.54) is 0 Å². The molecule has 1 aromatic rings. The first kappa shape index (κ1) is 22.2. The van der Waals surface area contributed by atoms with Crippen molar-refractivity contribution in [2.45, 2.75) is 52.5 Å². The van der Waals surface area contributed by atoms with Gasteiger partial charge in [-0.3, -0.25) is 4.79 Å². The van der Waals surface area contributed by atoms with E-state index in [1.807, 2.05) is 6.20 Å². The van der Waals surface area contributed by atoms with Gasteiger partial charge in [0.15, 0.2) is 0 Å². The molecule has 3 heterocycles. The first-order chi connectivity index (χ1) is 13.4. The van der Waals surface area contributed by atoms with Crippen molar-refractivity contribution in [3.63, 3.8) is 0 Å². The molecule has 2 aliphatic heterocycles. The Hall–Kier alpha value is -1.44. The van der Waals surface area contributed by atoms with E-state index in [9.17, 15) is 4.79 Å². The zero-order chi connectivity index (χ0) is 19.8. The van der Waals surface area contributed by atoms with Crippen LogP contribution in [-0.2, 0) is 16.0 Å². The molecule has 0 radical (unpaired) electrons. The highest BCUT2D eigenvalue weighted by Crippen LogP contribution is 2.41. The molecule has 1 aromatic heterocycles. The topological polar surface area (TPSA) is 79.4 Å². The van der Waals surface area contributed by atoms with E-state index < -0.39 is 0 Å². The molecular weight excluding hydrogens is 390 g/mol. The molecule has 2 N–H and O–H groups in total. The lowest BCUT2D eigenvalue weighted by atomic mass is 9.73. The van der Waals surface area contributed by atoms with E-state index in [1.54, 1.807) is 0 Å². The van der Waals surface area contributed by atoms with Gasteiger partial charge < -0.3 is 20.3 Å². The van der Waals surface area contributed by atoms with Crippen molar-refractivity contribution in [1.29, 1.82) is 0 Å². The number of ether oxygens (including phenoxy) is 1. The normalized spacial score (nSPS) is 25.5. The van der Waals surface area contributed by atoms with Crippen LogP contribution in [0, 0.1) is 10.8 Å². The molecule has 1 amide bonds. The van der Waals surface area contributed by atoms with Crippen molar-refractivity contribution in [2.24, 2.45) is 10.8 Å². The van der Waals surface area contributed by atoms with Gasteiger partial charge in [0.1, 0.15) is 0 Å². The fourth-order valence-corrected chi connectivity index (χ4v) is 4.62. The number of fused-ring (bicyclic) bond motifs is 1. The zero-order valence-corrected chi connectivity index (χ0v) is 18.6. The van der Waals surface area contributed by atoms with Crippen LogP contribution < -0.4 is 15.5 Å². The summed E-state index contributed by atoms with van der Waals surface area (Å²) in [5.41, 5.74) is 1.97. The van der Waals surface area contributed by atoms with Crippen molar-refractivity contribution >= 4 is 24.3 Å². The number of hydrogen-bond acceptors (Lipinski definition) is 6. The summed E-state index contributed by atoms with van der Waals surface area (Å²) in [6, 6.07) is -0.0169. The molecule has 3 aliphatic rings. The maximum absolute atomic E-state index is 13.1.